The van der Waals surface area contributed by atoms with Crippen molar-refractivity contribution in [3.63, 3.8) is 0 Å². The molecule has 0 spiro atoms. The zero-order valence-corrected chi connectivity index (χ0v) is 27.9. The molecule has 1 aliphatic rings. The molecule has 1 N–H and O–H groups in total. The van der Waals surface area contributed by atoms with E-state index in [0.717, 1.165) is 18.4 Å². The first-order valence-corrected chi connectivity index (χ1v) is 15.6. The number of benzene rings is 1. The minimum absolute atomic E-state index is 0.0139. The molecule has 1 aromatic rings. The largest absolute Gasteiger partial charge is 0.469 e. The van der Waals surface area contributed by atoms with Crippen molar-refractivity contribution in [1.82, 2.24) is 15.1 Å². The average molecular weight is 620 g/mol. The lowest BCUT2D eigenvalue weighted by Crippen LogP contribution is -2.57. The highest BCUT2D eigenvalue weighted by Crippen LogP contribution is 2.29. The number of methoxy groups -OCH3 is 3. The van der Waals surface area contributed by atoms with Gasteiger partial charge in [0.05, 0.1) is 43.7 Å². The van der Waals surface area contributed by atoms with E-state index in [1.807, 2.05) is 58.0 Å². The number of ether oxygens (including phenoxy) is 4. The van der Waals surface area contributed by atoms with Gasteiger partial charge in [0.1, 0.15) is 12.6 Å². The van der Waals surface area contributed by atoms with Gasteiger partial charge < -0.3 is 34.1 Å². The molecular weight excluding hydrogens is 566 g/mol. The SMILES string of the molecule is CC[C@H](C)[C@@H]([C@@H](CC(=O)N1CCCC1[C@H](OC)[C@@H](C)C(=O)OC)OC)N(C)C(=O)C(NC(=O)OCc1ccccc1)C(C)C. The summed E-state index contributed by atoms with van der Waals surface area (Å²) in [5.41, 5.74) is 0.841. The molecule has 3 amide bonds. The van der Waals surface area contributed by atoms with Gasteiger partial charge in [0, 0.05) is 27.8 Å². The van der Waals surface area contributed by atoms with Gasteiger partial charge in [-0.1, -0.05) is 64.4 Å². The highest BCUT2D eigenvalue weighted by atomic mass is 16.5. The van der Waals surface area contributed by atoms with E-state index >= 15 is 0 Å². The Morgan fingerprint density at radius 2 is 1.68 bits per heavy atom. The number of hydrogen-bond acceptors (Lipinski definition) is 8. The standard InChI is InChI=1S/C33H53N3O8/c1-10-22(4)29(35(6)31(38)28(21(2)3)34-33(40)44-20-24-15-12-11-13-16-24)26(41-7)19-27(37)36-18-14-17-25(36)30(42-8)23(5)32(39)43-9/h11-13,15-16,21-23,25-26,28-30H,10,14,17-20H2,1-9H3,(H,34,40)/t22-,23+,25?,26+,28?,29-,30+/m0/s1. The summed E-state index contributed by atoms with van der Waals surface area (Å²) in [6.45, 7) is 10.1. The summed E-state index contributed by atoms with van der Waals surface area (Å²) in [4.78, 5) is 56.1. The number of amides is 3. The van der Waals surface area contributed by atoms with Crippen LogP contribution < -0.4 is 5.32 Å². The number of esters is 1. The molecular formula is C33H53N3O8. The lowest BCUT2D eigenvalue weighted by Gasteiger charge is -2.40. The normalized spacial score (nSPS) is 19.0. The smallest absolute Gasteiger partial charge is 0.408 e. The third kappa shape index (κ3) is 9.66. The topological polar surface area (TPSA) is 124 Å². The van der Waals surface area contributed by atoms with E-state index in [0.29, 0.717) is 13.0 Å². The Balaban J connectivity index is 2.20. The molecule has 2 rings (SSSR count). The van der Waals surface area contributed by atoms with Crippen LogP contribution in [0.3, 0.4) is 0 Å². The second-order valence-electron chi connectivity index (χ2n) is 12.0. The molecule has 1 aromatic carbocycles. The fraction of sp³-hybridized carbons (Fsp3) is 0.697. The fourth-order valence-corrected chi connectivity index (χ4v) is 6.10. The van der Waals surface area contributed by atoms with Gasteiger partial charge in [-0.2, -0.15) is 0 Å². The van der Waals surface area contributed by atoms with E-state index in [-0.39, 0.29) is 48.7 Å². The van der Waals surface area contributed by atoms with Crippen LogP contribution in [0.2, 0.25) is 0 Å². The van der Waals surface area contributed by atoms with E-state index < -0.39 is 36.3 Å². The summed E-state index contributed by atoms with van der Waals surface area (Å²) >= 11 is 0. The predicted molar refractivity (Wildman–Crippen MR) is 167 cm³/mol. The molecule has 7 atom stereocenters. The van der Waals surface area contributed by atoms with Crippen LogP contribution in [0.25, 0.3) is 0 Å². The highest BCUT2D eigenvalue weighted by Gasteiger charge is 2.43. The van der Waals surface area contributed by atoms with Crippen LogP contribution in [0.15, 0.2) is 30.3 Å². The first-order chi connectivity index (χ1) is 20.9. The molecule has 11 nitrogen and oxygen atoms in total. The van der Waals surface area contributed by atoms with E-state index in [2.05, 4.69) is 5.32 Å². The summed E-state index contributed by atoms with van der Waals surface area (Å²) in [6.07, 6.45) is 0.483. The van der Waals surface area contributed by atoms with Crippen molar-refractivity contribution in [2.45, 2.75) is 97.2 Å². The summed E-state index contributed by atoms with van der Waals surface area (Å²) in [7, 11) is 6.12. The number of nitrogens with zero attached hydrogens (tertiary/aromatic N) is 2. The lowest BCUT2D eigenvalue weighted by atomic mass is 9.89. The highest BCUT2D eigenvalue weighted by molar-refractivity contribution is 5.86. The fourth-order valence-electron chi connectivity index (χ4n) is 6.10. The summed E-state index contributed by atoms with van der Waals surface area (Å²) in [5, 5.41) is 2.75. The van der Waals surface area contributed by atoms with E-state index in [4.69, 9.17) is 18.9 Å². The van der Waals surface area contributed by atoms with Crippen LogP contribution in [-0.4, -0.2) is 98.9 Å². The maximum Gasteiger partial charge on any atom is 0.408 e. The Hall–Kier alpha value is -3.18. The summed E-state index contributed by atoms with van der Waals surface area (Å²) in [6, 6.07) is 7.75. The third-order valence-corrected chi connectivity index (χ3v) is 8.84. The van der Waals surface area contributed by atoms with Crippen molar-refractivity contribution in [3.05, 3.63) is 35.9 Å². The molecule has 1 aliphatic heterocycles. The van der Waals surface area contributed by atoms with Gasteiger partial charge >= 0.3 is 12.1 Å². The Bertz CT molecular complexity index is 1070. The van der Waals surface area contributed by atoms with Gasteiger partial charge in [-0.3, -0.25) is 14.4 Å². The zero-order valence-electron chi connectivity index (χ0n) is 27.9. The van der Waals surface area contributed by atoms with Crippen LogP contribution in [-0.2, 0) is 39.9 Å². The number of likely N-dealkylation sites (tertiary alicyclic amines) is 1. The molecule has 1 saturated heterocycles. The van der Waals surface area contributed by atoms with Crippen molar-refractivity contribution in [3.8, 4) is 0 Å². The van der Waals surface area contributed by atoms with Gasteiger partial charge in [0.15, 0.2) is 0 Å². The van der Waals surface area contributed by atoms with Gasteiger partial charge in [-0.25, -0.2) is 4.79 Å². The summed E-state index contributed by atoms with van der Waals surface area (Å²) in [5.74, 6) is -1.58. The number of alkyl carbamates (subject to hydrolysis) is 1. The van der Waals surface area contributed by atoms with Crippen molar-refractivity contribution in [2.24, 2.45) is 17.8 Å². The number of hydrogen-bond donors (Lipinski definition) is 1. The zero-order chi connectivity index (χ0) is 33.0. The third-order valence-electron chi connectivity index (χ3n) is 8.84. The van der Waals surface area contributed by atoms with Gasteiger partial charge in [-0.15, -0.1) is 0 Å². The molecule has 248 valence electrons. The molecule has 0 aromatic heterocycles. The summed E-state index contributed by atoms with van der Waals surface area (Å²) < 4.78 is 21.9. The molecule has 44 heavy (non-hydrogen) atoms. The van der Waals surface area contributed by atoms with Crippen molar-refractivity contribution < 1.29 is 38.1 Å². The van der Waals surface area contributed by atoms with Crippen LogP contribution >= 0.6 is 0 Å². The molecule has 11 heteroatoms. The van der Waals surface area contributed by atoms with E-state index in [1.165, 1.54) is 7.11 Å². The molecule has 0 aliphatic carbocycles. The van der Waals surface area contributed by atoms with Crippen LogP contribution in [0, 0.1) is 17.8 Å². The second kappa shape index (κ2) is 17.9. The molecule has 1 heterocycles. The Morgan fingerprint density at radius 3 is 2.23 bits per heavy atom. The van der Waals surface area contributed by atoms with Crippen LogP contribution in [0.1, 0.15) is 65.9 Å². The molecule has 1 fully saturated rings. The molecule has 0 radical (unpaired) electrons. The Morgan fingerprint density at radius 1 is 1.02 bits per heavy atom. The minimum atomic E-state index is -0.840. The number of carbonyl (C=O) groups excluding carboxylic acids is 4. The molecule has 2 unspecified atom stereocenters. The van der Waals surface area contributed by atoms with E-state index in [9.17, 15) is 19.2 Å². The van der Waals surface area contributed by atoms with Crippen molar-refractivity contribution in [1.29, 1.82) is 0 Å². The maximum absolute atomic E-state index is 13.9. The van der Waals surface area contributed by atoms with Crippen LogP contribution in [0.5, 0.6) is 0 Å². The monoisotopic (exact) mass is 619 g/mol. The van der Waals surface area contributed by atoms with Crippen molar-refractivity contribution in [2.75, 3.05) is 34.9 Å². The Kier molecular flexibility index (Phi) is 15.1. The van der Waals surface area contributed by atoms with Crippen LogP contribution in [0.4, 0.5) is 4.79 Å². The quantitative estimate of drug-likeness (QED) is 0.275. The van der Waals surface area contributed by atoms with Gasteiger partial charge in [0.2, 0.25) is 11.8 Å². The molecule has 0 bridgehead atoms. The number of rotatable bonds is 16. The second-order valence-corrected chi connectivity index (χ2v) is 12.0. The minimum Gasteiger partial charge on any atom is -0.469 e. The number of likely N-dealkylation sites (N-methyl/N-ethyl adjacent to an activating group) is 1. The van der Waals surface area contributed by atoms with Crippen molar-refractivity contribution >= 4 is 23.9 Å². The molecule has 0 saturated carbocycles. The number of nitrogens with one attached hydrogen (secondary N) is 1. The number of carbonyl (C=O) groups is 4. The first kappa shape index (κ1) is 37.0. The first-order valence-electron chi connectivity index (χ1n) is 15.6. The average Bonchev–Trinajstić information content (AvgIpc) is 3.51. The Labute approximate surface area is 262 Å². The van der Waals surface area contributed by atoms with Gasteiger partial charge in [-0.05, 0) is 37.2 Å². The van der Waals surface area contributed by atoms with E-state index in [1.54, 1.807) is 38.0 Å². The maximum atomic E-state index is 13.9. The van der Waals surface area contributed by atoms with Gasteiger partial charge in [0.25, 0.3) is 0 Å². The lowest BCUT2D eigenvalue weighted by molar-refractivity contribution is -0.154. The predicted octanol–water partition coefficient (Wildman–Crippen LogP) is 4.03.